The molecule has 1 rings (SSSR count). The first-order chi connectivity index (χ1) is 7.91. The Morgan fingerprint density at radius 1 is 1.35 bits per heavy atom. The molecule has 17 heavy (non-hydrogen) atoms. The van der Waals surface area contributed by atoms with Crippen LogP contribution in [0, 0.1) is 5.92 Å². The van der Waals surface area contributed by atoms with Gasteiger partial charge in [-0.1, -0.05) is 6.92 Å². The van der Waals surface area contributed by atoms with Gasteiger partial charge in [-0.15, -0.1) is 0 Å². The molecule has 0 bridgehead atoms. The highest BCUT2D eigenvalue weighted by atomic mass is 16.4. The minimum absolute atomic E-state index is 0.145. The second kappa shape index (κ2) is 5.24. The molecule has 0 aromatic carbocycles. The van der Waals surface area contributed by atoms with Gasteiger partial charge in [0.25, 0.3) is 0 Å². The second-order valence-corrected chi connectivity index (χ2v) is 3.68. The first-order valence-corrected chi connectivity index (χ1v) is 4.91. The first-order valence-electron chi connectivity index (χ1n) is 4.91. The Labute approximate surface area is 97.7 Å². The number of aromatic carboxylic acids is 1. The average Bonchev–Trinajstić information content (AvgIpc) is 2.28. The van der Waals surface area contributed by atoms with E-state index in [1.54, 1.807) is 18.9 Å². The quantitative estimate of drug-likeness (QED) is 0.763. The lowest BCUT2D eigenvalue weighted by Crippen LogP contribution is -2.29. The van der Waals surface area contributed by atoms with Crippen molar-refractivity contribution in [2.24, 2.45) is 5.92 Å². The third-order valence-corrected chi connectivity index (χ3v) is 2.22. The van der Waals surface area contributed by atoms with Crippen LogP contribution in [0.2, 0.25) is 0 Å². The van der Waals surface area contributed by atoms with Crippen molar-refractivity contribution in [3.05, 3.63) is 18.1 Å². The van der Waals surface area contributed by atoms with Crippen molar-refractivity contribution in [1.29, 1.82) is 0 Å². The Bertz CT molecular complexity index is 418. The lowest BCUT2D eigenvalue weighted by molar-refractivity contribution is -0.140. The molecule has 1 heterocycles. The molecule has 0 aliphatic carbocycles. The van der Waals surface area contributed by atoms with E-state index in [0.29, 0.717) is 5.82 Å². The summed E-state index contributed by atoms with van der Waals surface area (Å²) in [5, 5.41) is 17.4. The van der Waals surface area contributed by atoms with E-state index in [1.165, 1.54) is 6.20 Å². The molecule has 7 nitrogen and oxygen atoms in total. The number of carboxylic acids is 2. The molecule has 92 valence electrons. The summed E-state index contributed by atoms with van der Waals surface area (Å²) in [6, 6.07) is 0. The standard InChI is InChI=1S/C10H13N3O4/c1-6(9(14)15)5-13(2)8-4-11-7(3-12-8)10(16)17/h3-4,6H,5H2,1-2H3,(H,14,15)(H,16,17). The van der Waals surface area contributed by atoms with Crippen molar-refractivity contribution in [2.75, 3.05) is 18.5 Å². The van der Waals surface area contributed by atoms with Crippen molar-refractivity contribution in [2.45, 2.75) is 6.92 Å². The molecule has 1 aromatic rings. The Morgan fingerprint density at radius 3 is 2.41 bits per heavy atom. The molecule has 2 N–H and O–H groups in total. The van der Waals surface area contributed by atoms with Gasteiger partial charge < -0.3 is 15.1 Å². The number of carboxylic acid groups (broad SMARTS) is 2. The zero-order chi connectivity index (χ0) is 13.0. The number of rotatable bonds is 5. The van der Waals surface area contributed by atoms with Crippen LogP contribution in [0.3, 0.4) is 0 Å². The number of aliphatic carboxylic acids is 1. The van der Waals surface area contributed by atoms with E-state index >= 15 is 0 Å². The summed E-state index contributed by atoms with van der Waals surface area (Å²) in [4.78, 5) is 30.4. The van der Waals surface area contributed by atoms with Gasteiger partial charge in [0.2, 0.25) is 0 Å². The van der Waals surface area contributed by atoms with Gasteiger partial charge >= 0.3 is 11.9 Å². The highest BCUT2D eigenvalue weighted by molar-refractivity contribution is 5.84. The zero-order valence-corrected chi connectivity index (χ0v) is 9.49. The average molecular weight is 239 g/mol. The molecule has 0 aliphatic heterocycles. The number of anilines is 1. The fourth-order valence-electron chi connectivity index (χ4n) is 1.21. The molecule has 1 unspecified atom stereocenters. The van der Waals surface area contributed by atoms with E-state index in [1.807, 2.05) is 0 Å². The van der Waals surface area contributed by atoms with Crippen LogP contribution in [0.5, 0.6) is 0 Å². The Balaban J connectivity index is 2.73. The van der Waals surface area contributed by atoms with Crippen LogP contribution in [0.4, 0.5) is 5.82 Å². The maximum atomic E-state index is 10.7. The predicted octanol–water partition coefficient (Wildman–Crippen LogP) is 0.332. The molecular weight excluding hydrogens is 226 g/mol. The number of carbonyl (C=O) groups is 2. The Hall–Kier alpha value is -2.18. The molecular formula is C10H13N3O4. The highest BCUT2D eigenvalue weighted by Gasteiger charge is 2.15. The summed E-state index contributed by atoms with van der Waals surface area (Å²) >= 11 is 0. The van der Waals surface area contributed by atoms with Crippen molar-refractivity contribution < 1.29 is 19.8 Å². The lowest BCUT2D eigenvalue weighted by atomic mass is 10.2. The zero-order valence-electron chi connectivity index (χ0n) is 9.49. The highest BCUT2D eigenvalue weighted by Crippen LogP contribution is 2.09. The van der Waals surface area contributed by atoms with Crippen LogP contribution in [-0.2, 0) is 4.79 Å². The van der Waals surface area contributed by atoms with E-state index in [4.69, 9.17) is 10.2 Å². The van der Waals surface area contributed by atoms with Crippen LogP contribution in [0.15, 0.2) is 12.4 Å². The van der Waals surface area contributed by atoms with Gasteiger partial charge in [0.1, 0.15) is 5.82 Å². The normalized spacial score (nSPS) is 11.9. The number of hydrogen-bond acceptors (Lipinski definition) is 5. The largest absolute Gasteiger partial charge is 0.481 e. The Kier molecular flexibility index (Phi) is 3.97. The van der Waals surface area contributed by atoms with Crippen molar-refractivity contribution >= 4 is 17.8 Å². The Morgan fingerprint density at radius 2 is 2.00 bits per heavy atom. The molecule has 0 radical (unpaired) electrons. The SMILES string of the molecule is CC(CN(C)c1cnc(C(=O)O)cn1)C(=O)O. The summed E-state index contributed by atoms with van der Waals surface area (Å²) < 4.78 is 0. The summed E-state index contributed by atoms with van der Waals surface area (Å²) in [6.07, 6.45) is 2.44. The second-order valence-electron chi connectivity index (χ2n) is 3.68. The molecule has 1 aromatic heterocycles. The predicted molar refractivity (Wildman–Crippen MR) is 59.1 cm³/mol. The van der Waals surface area contributed by atoms with Crippen LogP contribution < -0.4 is 4.90 Å². The summed E-state index contributed by atoms with van der Waals surface area (Å²) in [7, 11) is 1.67. The molecule has 0 saturated heterocycles. The van der Waals surface area contributed by atoms with Crippen LogP contribution in [0.1, 0.15) is 17.4 Å². The third kappa shape index (κ3) is 3.40. The molecule has 0 saturated carbocycles. The summed E-state index contributed by atoms with van der Waals surface area (Å²) in [6.45, 7) is 1.86. The van der Waals surface area contributed by atoms with Gasteiger partial charge in [-0.3, -0.25) is 4.79 Å². The van der Waals surface area contributed by atoms with Crippen molar-refractivity contribution in [1.82, 2.24) is 9.97 Å². The van der Waals surface area contributed by atoms with Crippen LogP contribution in [-0.4, -0.2) is 45.7 Å². The maximum Gasteiger partial charge on any atom is 0.356 e. The first kappa shape index (κ1) is 12.9. The van der Waals surface area contributed by atoms with Gasteiger partial charge in [-0.05, 0) is 0 Å². The minimum Gasteiger partial charge on any atom is -0.481 e. The molecule has 0 spiro atoms. The fourth-order valence-corrected chi connectivity index (χ4v) is 1.21. The third-order valence-electron chi connectivity index (χ3n) is 2.22. The fraction of sp³-hybridized carbons (Fsp3) is 0.400. The number of hydrogen-bond donors (Lipinski definition) is 2. The topological polar surface area (TPSA) is 104 Å². The van der Waals surface area contributed by atoms with Gasteiger partial charge in [-0.2, -0.15) is 0 Å². The van der Waals surface area contributed by atoms with Crippen LogP contribution >= 0.6 is 0 Å². The van der Waals surface area contributed by atoms with E-state index in [-0.39, 0.29) is 12.2 Å². The molecule has 0 amide bonds. The number of aromatic nitrogens is 2. The molecule has 0 aliphatic rings. The summed E-state index contributed by atoms with van der Waals surface area (Å²) in [5.41, 5.74) is -0.145. The van der Waals surface area contributed by atoms with E-state index < -0.39 is 17.9 Å². The maximum absolute atomic E-state index is 10.7. The van der Waals surface area contributed by atoms with Crippen molar-refractivity contribution in [3.63, 3.8) is 0 Å². The lowest BCUT2D eigenvalue weighted by Gasteiger charge is -2.19. The number of nitrogens with zero attached hydrogens (tertiary/aromatic N) is 3. The van der Waals surface area contributed by atoms with E-state index in [9.17, 15) is 9.59 Å². The van der Waals surface area contributed by atoms with E-state index in [2.05, 4.69) is 9.97 Å². The molecule has 1 atom stereocenters. The van der Waals surface area contributed by atoms with Gasteiger partial charge in [-0.25, -0.2) is 14.8 Å². The van der Waals surface area contributed by atoms with E-state index in [0.717, 1.165) is 6.20 Å². The minimum atomic E-state index is -1.15. The molecule has 0 fully saturated rings. The van der Waals surface area contributed by atoms with Gasteiger partial charge in [0.15, 0.2) is 5.69 Å². The van der Waals surface area contributed by atoms with Gasteiger partial charge in [0, 0.05) is 13.6 Å². The summed E-state index contributed by atoms with van der Waals surface area (Å²) in [5.74, 6) is -2.15. The van der Waals surface area contributed by atoms with Crippen molar-refractivity contribution in [3.8, 4) is 0 Å². The van der Waals surface area contributed by atoms with Crippen LogP contribution in [0.25, 0.3) is 0 Å². The molecule has 7 heteroatoms. The monoisotopic (exact) mass is 239 g/mol. The smallest absolute Gasteiger partial charge is 0.356 e. The van der Waals surface area contributed by atoms with Gasteiger partial charge in [0.05, 0.1) is 18.3 Å².